The van der Waals surface area contributed by atoms with Gasteiger partial charge in [0, 0.05) is 12.1 Å². The highest BCUT2D eigenvalue weighted by molar-refractivity contribution is 5.79. The molecule has 124 valence electrons. The summed E-state index contributed by atoms with van der Waals surface area (Å²) in [6.07, 6.45) is 2.32. The number of piperidine rings is 1. The number of nitrogens with zero attached hydrogens (tertiary/aromatic N) is 2. The van der Waals surface area contributed by atoms with E-state index in [9.17, 15) is 4.79 Å². The molecule has 0 aromatic carbocycles. The molecule has 0 N–H and O–H groups in total. The van der Waals surface area contributed by atoms with Crippen LogP contribution in [0.3, 0.4) is 0 Å². The second-order valence-corrected chi connectivity index (χ2v) is 6.66. The van der Waals surface area contributed by atoms with E-state index in [0.717, 1.165) is 47.9 Å². The lowest BCUT2D eigenvalue weighted by Gasteiger charge is -2.37. The van der Waals surface area contributed by atoms with Crippen molar-refractivity contribution in [3.8, 4) is 0 Å². The fourth-order valence-electron chi connectivity index (χ4n) is 3.35. The Labute approximate surface area is 136 Å². The van der Waals surface area contributed by atoms with Gasteiger partial charge in [-0.2, -0.15) is 0 Å². The Hall–Kier alpha value is -2.04. The van der Waals surface area contributed by atoms with Gasteiger partial charge in [-0.1, -0.05) is 12.1 Å². The van der Waals surface area contributed by atoms with Crippen molar-refractivity contribution in [1.82, 2.24) is 10.1 Å². The molecule has 0 aliphatic carbocycles. The summed E-state index contributed by atoms with van der Waals surface area (Å²) >= 11 is 0. The molecule has 2 aromatic heterocycles. The third kappa shape index (κ3) is 3.19. The lowest BCUT2D eigenvalue weighted by atomic mass is 9.90. The molecule has 1 fully saturated rings. The first-order valence-corrected chi connectivity index (χ1v) is 8.23. The number of carbonyl (C=O) groups is 1. The predicted molar refractivity (Wildman–Crippen MR) is 86.0 cm³/mol. The molecule has 1 aliphatic heterocycles. The molecule has 5 heteroatoms. The van der Waals surface area contributed by atoms with Crippen LogP contribution in [0.4, 0.5) is 0 Å². The van der Waals surface area contributed by atoms with Crippen LogP contribution >= 0.6 is 0 Å². The monoisotopic (exact) mass is 316 g/mol. The highest BCUT2D eigenvalue weighted by atomic mass is 16.5. The Morgan fingerprint density at radius 3 is 2.74 bits per heavy atom. The number of hydrogen-bond acceptors (Lipinski definition) is 4. The Bertz CT molecular complexity index is 681. The molecule has 0 saturated carbocycles. The van der Waals surface area contributed by atoms with Gasteiger partial charge in [-0.15, -0.1) is 0 Å². The van der Waals surface area contributed by atoms with Gasteiger partial charge in [0.05, 0.1) is 18.2 Å². The van der Waals surface area contributed by atoms with E-state index in [-0.39, 0.29) is 11.9 Å². The molecule has 5 nitrogen and oxygen atoms in total. The van der Waals surface area contributed by atoms with Crippen molar-refractivity contribution < 1.29 is 13.7 Å². The van der Waals surface area contributed by atoms with Crippen LogP contribution in [0, 0.1) is 26.7 Å². The number of furan rings is 1. The molecule has 1 aliphatic rings. The number of aromatic nitrogens is 1. The van der Waals surface area contributed by atoms with Crippen LogP contribution in [0.2, 0.25) is 0 Å². The van der Waals surface area contributed by atoms with Crippen molar-refractivity contribution in [2.24, 2.45) is 5.92 Å². The first-order chi connectivity index (χ1) is 11.0. The molecule has 0 spiro atoms. The number of likely N-dealkylation sites (tertiary alicyclic amines) is 1. The molecule has 2 aromatic rings. The Morgan fingerprint density at radius 1 is 1.35 bits per heavy atom. The molecule has 1 saturated heterocycles. The molecule has 23 heavy (non-hydrogen) atoms. The van der Waals surface area contributed by atoms with Crippen molar-refractivity contribution >= 4 is 5.91 Å². The lowest BCUT2D eigenvalue weighted by molar-refractivity contribution is -0.135. The summed E-state index contributed by atoms with van der Waals surface area (Å²) in [6.45, 7) is 8.68. The first kappa shape index (κ1) is 15.8. The maximum atomic E-state index is 12.9. The fraction of sp³-hybridized carbons (Fsp3) is 0.556. The van der Waals surface area contributed by atoms with E-state index in [0.29, 0.717) is 12.3 Å². The molecule has 1 amide bonds. The molecular formula is C18H24N2O3. The molecular weight excluding hydrogens is 292 g/mol. The summed E-state index contributed by atoms with van der Waals surface area (Å²) in [5.74, 6) is 3.21. The minimum Gasteiger partial charge on any atom is -0.464 e. The van der Waals surface area contributed by atoms with Crippen LogP contribution < -0.4 is 0 Å². The van der Waals surface area contributed by atoms with Gasteiger partial charge in [0.2, 0.25) is 5.91 Å². The summed E-state index contributed by atoms with van der Waals surface area (Å²) in [5, 5.41) is 3.94. The van der Waals surface area contributed by atoms with Gasteiger partial charge in [-0.3, -0.25) is 4.79 Å². The van der Waals surface area contributed by atoms with E-state index < -0.39 is 0 Å². The molecule has 2 atom stereocenters. The Morgan fingerprint density at radius 2 is 2.13 bits per heavy atom. The first-order valence-electron chi connectivity index (χ1n) is 8.23. The van der Waals surface area contributed by atoms with Gasteiger partial charge in [0.25, 0.3) is 0 Å². The number of carbonyl (C=O) groups excluding carboxylic acids is 1. The van der Waals surface area contributed by atoms with E-state index in [1.807, 2.05) is 37.8 Å². The van der Waals surface area contributed by atoms with Crippen LogP contribution in [0.5, 0.6) is 0 Å². The molecule has 0 unspecified atom stereocenters. The largest absolute Gasteiger partial charge is 0.464 e. The van der Waals surface area contributed by atoms with Crippen molar-refractivity contribution in [2.45, 2.75) is 53.0 Å². The van der Waals surface area contributed by atoms with Crippen molar-refractivity contribution in [3.05, 3.63) is 40.7 Å². The average molecular weight is 316 g/mol. The van der Waals surface area contributed by atoms with Gasteiger partial charge in [0.1, 0.15) is 17.3 Å². The summed E-state index contributed by atoms with van der Waals surface area (Å²) in [4.78, 5) is 14.8. The average Bonchev–Trinajstić information content (AvgIpc) is 3.07. The maximum absolute atomic E-state index is 12.9. The topological polar surface area (TPSA) is 59.5 Å². The molecule has 0 radical (unpaired) electrons. The molecule has 0 bridgehead atoms. The fourth-order valence-corrected chi connectivity index (χ4v) is 3.35. The van der Waals surface area contributed by atoms with E-state index >= 15 is 0 Å². The summed E-state index contributed by atoms with van der Waals surface area (Å²) in [5.41, 5.74) is 1.70. The number of amides is 1. The van der Waals surface area contributed by atoms with Crippen LogP contribution in [-0.2, 0) is 11.2 Å². The van der Waals surface area contributed by atoms with Crippen LogP contribution in [0.1, 0.15) is 54.3 Å². The normalized spacial score (nSPS) is 21.7. The minimum absolute atomic E-state index is 0.0282. The number of aryl methyl sites for hydroxylation is 3. The zero-order valence-corrected chi connectivity index (χ0v) is 14.3. The van der Waals surface area contributed by atoms with Gasteiger partial charge in [-0.25, -0.2) is 0 Å². The van der Waals surface area contributed by atoms with Crippen LogP contribution in [-0.4, -0.2) is 22.5 Å². The smallest absolute Gasteiger partial charge is 0.227 e. The second-order valence-electron chi connectivity index (χ2n) is 6.66. The van der Waals surface area contributed by atoms with Gasteiger partial charge in [-0.05, 0) is 51.7 Å². The Kier molecular flexibility index (Phi) is 4.28. The third-order valence-electron chi connectivity index (χ3n) is 4.78. The maximum Gasteiger partial charge on any atom is 0.227 e. The van der Waals surface area contributed by atoms with E-state index in [2.05, 4.69) is 12.1 Å². The highest BCUT2D eigenvalue weighted by Gasteiger charge is 2.33. The van der Waals surface area contributed by atoms with E-state index in [4.69, 9.17) is 8.94 Å². The van der Waals surface area contributed by atoms with Gasteiger partial charge < -0.3 is 13.8 Å². The minimum atomic E-state index is 0.0282. The Balaban J connectivity index is 1.82. The van der Waals surface area contributed by atoms with E-state index in [1.165, 1.54) is 0 Å². The summed E-state index contributed by atoms with van der Waals surface area (Å²) < 4.78 is 11.0. The predicted octanol–water partition coefficient (Wildman–Crippen LogP) is 3.74. The quantitative estimate of drug-likeness (QED) is 0.865. The summed E-state index contributed by atoms with van der Waals surface area (Å²) in [7, 11) is 0. The standard InChI is InChI=1S/C18H24N2O3/c1-11-7-8-20(16(9-11)17-6-5-12(2)22-17)18(21)10-15-13(3)19-23-14(15)4/h5-6,11,16H,7-10H2,1-4H3/t11-,16+/m0/s1. The molecule has 3 heterocycles. The summed E-state index contributed by atoms with van der Waals surface area (Å²) in [6, 6.07) is 3.99. The van der Waals surface area contributed by atoms with E-state index in [1.54, 1.807) is 0 Å². The number of rotatable bonds is 3. The SMILES string of the molecule is Cc1ccc([C@H]2C[C@@H](C)CCN2C(=O)Cc2c(C)noc2C)o1. The number of hydrogen-bond donors (Lipinski definition) is 0. The zero-order valence-electron chi connectivity index (χ0n) is 14.3. The van der Waals surface area contributed by atoms with Crippen LogP contribution in [0.25, 0.3) is 0 Å². The highest BCUT2D eigenvalue weighted by Crippen LogP contribution is 2.35. The second kappa shape index (κ2) is 6.22. The third-order valence-corrected chi connectivity index (χ3v) is 4.78. The van der Waals surface area contributed by atoms with Gasteiger partial charge in [0.15, 0.2) is 0 Å². The van der Waals surface area contributed by atoms with Crippen molar-refractivity contribution in [1.29, 1.82) is 0 Å². The van der Waals surface area contributed by atoms with Crippen molar-refractivity contribution in [2.75, 3.05) is 6.54 Å². The zero-order chi connectivity index (χ0) is 16.6. The van der Waals surface area contributed by atoms with Crippen molar-refractivity contribution in [3.63, 3.8) is 0 Å². The van der Waals surface area contributed by atoms with Gasteiger partial charge >= 0.3 is 0 Å². The van der Waals surface area contributed by atoms with Crippen LogP contribution in [0.15, 0.2) is 21.1 Å². The molecule has 3 rings (SSSR count). The lowest BCUT2D eigenvalue weighted by Crippen LogP contribution is -2.41.